The number of hydrogen-bond acceptors (Lipinski definition) is 2. The van der Waals surface area contributed by atoms with Crippen LogP contribution in [0.4, 0.5) is 0 Å². The fraction of sp³-hybridized carbons (Fsp3) is 0.154. The minimum absolute atomic E-state index is 0.0371. The number of carbonyl (C=O) groups is 2. The van der Waals surface area contributed by atoms with Crippen LogP contribution in [0, 0.1) is 0 Å². The van der Waals surface area contributed by atoms with Crippen LogP contribution in [0.3, 0.4) is 0 Å². The first-order valence-electron chi connectivity index (χ1n) is 10.4. The van der Waals surface area contributed by atoms with Crippen molar-refractivity contribution in [2.45, 2.75) is 6.04 Å². The summed E-state index contributed by atoms with van der Waals surface area (Å²) in [6.07, 6.45) is 4.27. The minimum atomic E-state index is -0.209. The fourth-order valence-corrected chi connectivity index (χ4v) is 4.81. The van der Waals surface area contributed by atoms with Crippen LogP contribution in [0.2, 0.25) is 5.02 Å². The van der Waals surface area contributed by atoms with Crippen LogP contribution in [0.5, 0.6) is 0 Å². The van der Waals surface area contributed by atoms with Crippen LogP contribution in [-0.4, -0.2) is 36.9 Å². The van der Waals surface area contributed by atoms with E-state index in [1.165, 1.54) is 20.9 Å². The van der Waals surface area contributed by atoms with Crippen molar-refractivity contribution in [1.29, 1.82) is 0 Å². The van der Waals surface area contributed by atoms with E-state index in [0.717, 1.165) is 11.1 Å². The molecule has 2 aliphatic rings. The quantitative estimate of drug-likeness (QED) is 0.642. The molecule has 0 saturated carbocycles. The summed E-state index contributed by atoms with van der Waals surface area (Å²) in [4.78, 5) is 28.1. The van der Waals surface area contributed by atoms with Crippen LogP contribution < -0.4 is 4.90 Å². The van der Waals surface area contributed by atoms with Crippen LogP contribution in [0.25, 0.3) is 12.2 Å². The van der Waals surface area contributed by atoms with Gasteiger partial charge in [-0.3, -0.25) is 14.5 Å². The molecule has 4 nitrogen and oxygen atoms in total. The van der Waals surface area contributed by atoms with Gasteiger partial charge < -0.3 is 4.90 Å². The molecule has 0 aromatic heterocycles. The molecule has 1 heterocycles. The highest BCUT2D eigenvalue weighted by Gasteiger charge is 2.36. The fourth-order valence-electron chi connectivity index (χ4n) is 4.63. The molecule has 0 bridgehead atoms. The first-order valence-corrected chi connectivity index (χ1v) is 10.8. The maximum absolute atomic E-state index is 12.8. The zero-order valence-corrected chi connectivity index (χ0v) is 17.9. The molecule has 1 aliphatic carbocycles. The van der Waals surface area contributed by atoms with Crippen molar-refractivity contribution in [1.82, 2.24) is 4.90 Å². The van der Waals surface area contributed by atoms with Gasteiger partial charge in [-0.05, 0) is 35.4 Å². The number of benzene rings is 3. The Morgan fingerprint density at radius 1 is 0.839 bits per heavy atom. The van der Waals surface area contributed by atoms with Crippen LogP contribution in [0.15, 0.2) is 66.7 Å². The first-order chi connectivity index (χ1) is 15.0. The van der Waals surface area contributed by atoms with Crippen molar-refractivity contribution in [3.05, 3.63) is 105 Å². The average molecular weight is 430 g/mol. The van der Waals surface area contributed by atoms with Gasteiger partial charge in [0.25, 0.3) is 11.8 Å². The average Bonchev–Trinajstić information content (AvgIpc) is 2.92. The minimum Gasteiger partial charge on any atom is -0.326 e. The number of nitrogens with zero attached hydrogens (tertiary/aromatic N) is 1. The number of likely N-dealkylation sites (N-methyl/N-ethyl adjacent to an activating group) is 1. The van der Waals surface area contributed by atoms with Crippen LogP contribution in [-0.2, 0) is 0 Å². The lowest BCUT2D eigenvalue weighted by molar-refractivity contribution is -0.905. The monoisotopic (exact) mass is 429 g/mol. The van der Waals surface area contributed by atoms with E-state index in [0.29, 0.717) is 29.2 Å². The Morgan fingerprint density at radius 2 is 1.45 bits per heavy atom. The summed E-state index contributed by atoms with van der Waals surface area (Å²) in [6, 6.07) is 21.4. The number of quaternary nitrogens is 1. The van der Waals surface area contributed by atoms with Gasteiger partial charge in [-0.1, -0.05) is 66.2 Å². The van der Waals surface area contributed by atoms with E-state index in [9.17, 15) is 9.59 Å². The molecule has 0 radical (unpaired) electrons. The van der Waals surface area contributed by atoms with E-state index >= 15 is 0 Å². The van der Waals surface area contributed by atoms with Gasteiger partial charge in [0, 0.05) is 16.1 Å². The van der Waals surface area contributed by atoms with E-state index < -0.39 is 0 Å². The number of fused-ring (bicyclic) bond motifs is 3. The topological polar surface area (TPSA) is 41.8 Å². The number of halogens is 1. The summed E-state index contributed by atoms with van der Waals surface area (Å²) in [6.45, 7) is 0.983. The zero-order valence-electron chi connectivity index (χ0n) is 17.1. The molecule has 2 amide bonds. The lowest BCUT2D eigenvalue weighted by Crippen LogP contribution is -3.10. The van der Waals surface area contributed by atoms with E-state index in [-0.39, 0.29) is 17.9 Å². The molecule has 0 fully saturated rings. The number of carbonyl (C=O) groups excluding carboxylic acids is 2. The lowest BCUT2D eigenvalue weighted by atomic mass is 9.93. The maximum Gasteiger partial charge on any atom is 0.261 e. The molecule has 3 aromatic carbocycles. The summed E-state index contributed by atoms with van der Waals surface area (Å²) in [5, 5.41) is 0.699. The lowest BCUT2D eigenvalue weighted by Gasteiger charge is -2.28. The molecule has 5 rings (SSSR count). The van der Waals surface area contributed by atoms with Gasteiger partial charge in [-0.15, -0.1) is 0 Å². The molecule has 154 valence electrons. The van der Waals surface area contributed by atoms with Gasteiger partial charge >= 0.3 is 0 Å². The third-order valence-corrected chi connectivity index (χ3v) is 6.45. The number of amides is 2. The van der Waals surface area contributed by atoms with E-state index in [4.69, 9.17) is 11.6 Å². The molecule has 0 spiro atoms. The number of nitrogens with one attached hydrogen (secondary N) is 1. The van der Waals surface area contributed by atoms with Gasteiger partial charge in [0.1, 0.15) is 6.04 Å². The highest BCUT2D eigenvalue weighted by molar-refractivity contribution is 6.30. The Bertz CT molecular complexity index is 1200. The van der Waals surface area contributed by atoms with Crippen molar-refractivity contribution < 1.29 is 14.5 Å². The highest BCUT2D eigenvalue weighted by atomic mass is 35.5. The predicted molar refractivity (Wildman–Crippen MR) is 122 cm³/mol. The molecule has 3 aromatic rings. The van der Waals surface area contributed by atoms with E-state index in [1.807, 2.05) is 30.3 Å². The third-order valence-electron chi connectivity index (χ3n) is 6.21. The Morgan fingerprint density at radius 3 is 2.16 bits per heavy atom. The Hall–Kier alpha value is -3.21. The van der Waals surface area contributed by atoms with Gasteiger partial charge in [0.05, 0.1) is 31.3 Å². The molecule has 2 atom stereocenters. The molecule has 31 heavy (non-hydrogen) atoms. The molecule has 5 heteroatoms. The first kappa shape index (κ1) is 19.7. The van der Waals surface area contributed by atoms with E-state index in [1.54, 1.807) is 24.3 Å². The highest BCUT2D eigenvalue weighted by Crippen LogP contribution is 2.32. The second kappa shape index (κ2) is 7.80. The Labute approximate surface area is 186 Å². The van der Waals surface area contributed by atoms with Crippen molar-refractivity contribution in [3.63, 3.8) is 0 Å². The zero-order chi connectivity index (χ0) is 21.5. The number of rotatable bonds is 4. The standard InChI is InChI=1S/C26H21ClN2O2/c1-28(14-15-29-25(30)21-8-4-5-9-22(21)26(29)31)24-20-7-3-2-6-17(20)10-11-18-12-13-19(27)16-23(18)24/h2-13,16,24H,14-15H2,1H3/p+1/t24-/m0/s1. The second-order valence-electron chi connectivity index (χ2n) is 8.07. The summed E-state index contributed by atoms with van der Waals surface area (Å²) in [5.74, 6) is -0.417. The smallest absolute Gasteiger partial charge is 0.261 e. The number of hydrogen-bond donors (Lipinski definition) is 1. The van der Waals surface area contributed by atoms with E-state index in [2.05, 4.69) is 31.3 Å². The van der Waals surface area contributed by atoms with Crippen LogP contribution >= 0.6 is 11.6 Å². The molecule has 1 aliphatic heterocycles. The molecule has 1 unspecified atom stereocenters. The van der Waals surface area contributed by atoms with Gasteiger partial charge in [0.2, 0.25) is 0 Å². The van der Waals surface area contributed by atoms with Crippen molar-refractivity contribution >= 4 is 35.6 Å². The van der Waals surface area contributed by atoms with Crippen molar-refractivity contribution in [2.75, 3.05) is 20.1 Å². The normalized spacial score (nSPS) is 17.7. The molecule has 0 saturated heterocycles. The van der Waals surface area contributed by atoms with Gasteiger partial charge in [-0.25, -0.2) is 0 Å². The summed E-state index contributed by atoms with van der Waals surface area (Å²) >= 11 is 6.37. The third kappa shape index (κ3) is 3.38. The maximum atomic E-state index is 12.8. The summed E-state index contributed by atoms with van der Waals surface area (Å²) < 4.78 is 0. The van der Waals surface area contributed by atoms with Crippen LogP contribution in [0.1, 0.15) is 49.0 Å². The van der Waals surface area contributed by atoms with Gasteiger partial charge in [-0.2, -0.15) is 0 Å². The number of imide groups is 1. The van der Waals surface area contributed by atoms with Crippen molar-refractivity contribution in [2.24, 2.45) is 0 Å². The molecular formula is C26H22ClN2O2+. The Kier molecular flexibility index (Phi) is 4.97. The molecule has 1 N–H and O–H groups in total. The van der Waals surface area contributed by atoms with Crippen molar-refractivity contribution in [3.8, 4) is 0 Å². The largest absolute Gasteiger partial charge is 0.326 e. The summed E-state index contributed by atoms with van der Waals surface area (Å²) in [5.41, 5.74) is 5.64. The SMILES string of the molecule is C[NH+](CCN1C(=O)c2ccccc2C1=O)[C@H]1c2ccccc2C=Cc2ccc(Cl)cc21. The predicted octanol–water partition coefficient (Wildman–Crippen LogP) is 3.72. The molecular weight excluding hydrogens is 408 g/mol. The second-order valence-corrected chi connectivity index (χ2v) is 8.51. The Balaban J connectivity index is 1.45. The van der Waals surface area contributed by atoms with Gasteiger partial charge in [0.15, 0.2) is 0 Å². The summed E-state index contributed by atoms with van der Waals surface area (Å²) in [7, 11) is 2.11.